The van der Waals surface area contributed by atoms with Gasteiger partial charge in [-0.15, -0.1) is 0 Å². The van der Waals surface area contributed by atoms with E-state index in [0.29, 0.717) is 62.4 Å². The van der Waals surface area contributed by atoms with Crippen molar-refractivity contribution in [3.8, 4) is 23.0 Å². The molecule has 350 valence electrons. The molecule has 2 amide bonds. The second-order valence-corrected chi connectivity index (χ2v) is 15.2. The third kappa shape index (κ3) is 18.6. The van der Waals surface area contributed by atoms with Gasteiger partial charge in [-0.05, 0) is 112 Å². The maximum absolute atomic E-state index is 13.3. The van der Waals surface area contributed by atoms with E-state index in [0.717, 1.165) is 35.1 Å². The van der Waals surface area contributed by atoms with Gasteiger partial charge in [-0.1, -0.05) is 48.5 Å². The average Bonchev–Trinajstić information content (AvgIpc) is 3.30. The smallest absolute Gasteiger partial charge is 0.410 e. The first-order valence-corrected chi connectivity index (χ1v) is 21.5. The van der Waals surface area contributed by atoms with Crippen LogP contribution in [-0.2, 0) is 54.6 Å². The molecule has 4 aromatic rings. The fourth-order valence-corrected chi connectivity index (χ4v) is 6.70. The molecule has 0 aliphatic carbocycles. The molecule has 64 heavy (non-hydrogen) atoms. The zero-order valence-electron chi connectivity index (χ0n) is 38.7. The molecule has 2 unspecified atom stereocenters. The first-order chi connectivity index (χ1) is 31.0. The van der Waals surface area contributed by atoms with E-state index in [4.69, 9.17) is 47.4 Å². The molecule has 4 rings (SSSR count). The van der Waals surface area contributed by atoms with Gasteiger partial charge in [0.05, 0.1) is 54.9 Å². The molecular weight excluding hydrogens is 823 g/mol. The number of hydrogen-bond acceptors (Lipinski definition) is 13. The van der Waals surface area contributed by atoms with Gasteiger partial charge in [-0.2, -0.15) is 0 Å². The molecule has 0 spiro atoms. The average molecular weight is 890 g/mol. The van der Waals surface area contributed by atoms with Gasteiger partial charge in [0.25, 0.3) is 0 Å². The topological polar surface area (TPSA) is 136 Å². The van der Waals surface area contributed by atoms with Crippen LogP contribution in [0.25, 0.3) is 0 Å². The standard InChI is InChI=1S/C49H67N3O12/c1-37(61-25-27-63-48(53)51(33-39-13-9-17-44(29-39)55-5)34-40-14-10-18-45(30-40)56-6)59-23-21-43(50(3)4)22-24-60-38(2)62-26-28-64-49(54)52(35-41-15-11-19-46(31-41)57-7)36-42-16-12-20-47(32-42)58-8/h9-20,29-32,37-38,43H,21-28,33-36H2,1-8H3. The Bertz CT molecular complexity index is 1730. The summed E-state index contributed by atoms with van der Waals surface area (Å²) in [5.74, 6) is 2.84. The lowest BCUT2D eigenvalue weighted by Gasteiger charge is -2.26. The third-order valence-corrected chi connectivity index (χ3v) is 10.2. The summed E-state index contributed by atoms with van der Waals surface area (Å²) in [5, 5.41) is 0. The van der Waals surface area contributed by atoms with Gasteiger partial charge >= 0.3 is 12.2 Å². The molecule has 0 heterocycles. The largest absolute Gasteiger partial charge is 0.497 e. The Morgan fingerprint density at radius 2 is 0.750 bits per heavy atom. The highest BCUT2D eigenvalue weighted by atomic mass is 16.7. The van der Waals surface area contributed by atoms with Crippen LogP contribution in [0.4, 0.5) is 9.59 Å². The van der Waals surface area contributed by atoms with Crippen molar-refractivity contribution in [3.63, 3.8) is 0 Å². The minimum absolute atomic E-state index is 0.0621. The van der Waals surface area contributed by atoms with E-state index in [2.05, 4.69) is 4.90 Å². The minimum Gasteiger partial charge on any atom is -0.497 e. The normalized spacial score (nSPS) is 12.5. The van der Waals surface area contributed by atoms with Crippen LogP contribution in [0.5, 0.6) is 23.0 Å². The Balaban J connectivity index is 1.13. The van der Waals surface area contributed by atoms with Crippen LogP contribution < -0.4 is 18.9 Å². The number of carbonyl (C=O) groups excluding carboxylic acids is 2. The lowest BCUT2D eigenvalue weighted by atomic mass is 10.1. The summed E-state index contributed by atoms with van der Waals surface area (Å²) >= 11 is 0. The van der Waals surface area contributed by atoms with E-state index in [1.807, 2.05) is 125 Å². The zero-order chi connectivity index (χ0) is 46.1. The predicted octanol–water partition coefficient (Wildman–Crippen LogP) is 8.17. The molecule has 0 aromatic heterocycles. The van der Waals surface area contributed by atoms with Crippen LogP contribution in [0, 0.1) is 0 Å². The molecule has 0 bridgehead atoms. The lowest BCUT2D eigenvalue weighted by molar-refractivity contribution is -0.144. The molecule has 0 saturated heterocycles. The second-order valence-electron chi connectivity index (χ2n) is 15.2. The number of methoxy groups -OCH3 is 4. The highest BCUT2D eigenvalue weighted by Gasteiger charge is 2.20. The summed E-state index contributed by atoms with van der Waals surface area (Å²) in [6.45, 7) is 6.34. The van der Waals surface area contributed by atoms with Crippen molar-refractivity contribution in [2.75, 3.05) is 82.2 Å². The molecule has 2 atom stereocenters. The van der Waals surface area contributed by atoms with Gasteiger partial charge in [0, 0.05) is 32.2 Å². The summed E-state index contributed by atoms with van der Waals surface area (Å²) in [6, 6.07) is 30.5. The fraction of sp³-hybridized carbons (Fsp3) is 0.469. The number of carbonyl (C=O) groups is 2. The molecule has 4 aromatic carbocycles. The van der Waals surface area contributed by atoms with Gasteiger partial charge in [0.1, 0.15) is 36.2 Å². The minimum atomic E-state index is -0.499. The first-order valence-electron chi connectivity index (χ1n) is 21.5. The molecule has 15 heteroatoms. The van der Waals surface area contributed by atoms with E-state index in [1.54, 1.807) is 38.2 Å². The summed E-state index contributed by atoms with van der Waals surface area (Å²) in [4.78, 5) is 32.0. The Hall–Kier alpha value is -5.58. The monoisotopic (exact) mass is 889 g/mol. The van der Waals surface area contributed by atoms with Crippen molar-refractivity contribution in [2.24, 2.45) is 0 Å². The van der Waals surface area contributed by atoms with Gasteiger partial charge in [-0.3, -0.25) is 9.80 Å². The van der Waals surface area contributed by atoms with Crippen LogP contribution in [0.2, 0.25) is 0 Å². The molecule has 0 saturated carbocycles. The quantitative estimate of drug-likeness (QED) is 0.0384. The molecular formula is C49H67N3O12. The highest BCUT2D eigenvalue weighted by molar-refractivity contribution is 5.68. The molecule has 0 aliphatic heterocycles. The Morgan fingerprint density at radius 1 is 0.453 bits per heavy atom. The lowest BCUT2D eigenvalue weighted by Crippen LogP contribution is -2.33. The van der Waals surface area contributed by atoms with Crippen molar-refractivity contribution in [1.29, 1.82) is 0 Å². The van der Waals surface area contributed by atoms with Crippen LogP contribution in [-0.4, -0.2) is 128 Å². The highest BCUT2D eigenvalue weighted by Crippen LogP contribution is 2.21. The fourth-order valence-electron chi connectivity index (χ4n) is 6.70. The van der Waals surface area contributed by atoms with E-state index >= 15 is 0 Å². The summed E-state index contributed by atoms with van der Waals surface area (Å²) in [5.41, 5.74) is 3.63. The summed E-state index contributed by atoms with van der Waals surface area (Å²) in [7, 11) is 10.5. The van der Waals surface area contributed by atoms with Crippen LogP contribution in [0.1, 0.15) is 48.9 Å². The maximum atomic E-state index is 13.3. The SMILES string of the molecule is COc1cccc(CN(Cc2cccc(OC)c2)C(=O)OCCOC(C)OCCC(CCOC(C)OCCOC(=O)N(Cc2cccc(OC)c2)Cc2cccc(OC)c2)N(C)C)c1. The van der Waals surface area contributed by atoms with Crippen molar-refractivity contribution < 1.29 is 57.0 Å². The van der Waals surface area contributed by atoms with Crippen LogP contribution >= 0.6 is 0 Å². The predicted molar refractivity (Wildman–Crippen MR) is 243 cm³/mol. The first kappa shape index (κ1) is 51.1. The number of hydrogen-bond donors (Lipinski definition) is 0. The molecule has 0 radical (unpaired) electrons. The number of rotatable bonds is 29. The second kappa shape index (κ2) is 28.3. The van der Waals surface area contributed by atoms with Crippen LogP contribution in [0.15, 0.2) is 97.1 Å². The number of ether oxygens (including phenoxy) is 10. The maximum Gasteiger partial charge on any atom is 0.410 e. The number of benzene rings is 4. The van der Waals surface area contributed by atoms with Crippen molar-refractivity contribution in [1.82, 2.24) is 14.7 Å². The van der Waals surface area contributed by atoms with Crippen molar-refractivity contribution in [2.45, 2.75) is 71.5 Å². The molecule has 0 aliphatic rings. The van der Waals surface area contributed by atoms with E-state index in [-0.39, 0.29) is 32.5 Å². The van der Waals surface area contributed by atoms with Crippen LogP contribution in [0.3, 0.4) is 0 Å². The van der Waals surface area contributed by atoms with E-state index < -0.39 is 24.8 Å². The third-order valence-electron chi connectivity index (χ3n) is 10.2. The Labute approximate surface area is 378 Å². The number of amides is 2. The van der Waals surface area contributed by atoms with Gasteiger partial charge in [-0.25, -0.2) is 9.59 Å². The van der Waals surface area contributed by atoms with Crippen molar-refractivity contribution in [3.05, 3.63) is 119 Å². The summed E-state index contributed by atoms with van der Waals surface area (Å²) < 4.78 is 56.3. The Morgan fingerprint density at radius 3 is 1.03 bits per heavy atom. The van der Waals surface area contributed by atoms with E-state index in [9.17, 15) is 9.59 Å². The van der Waals surface area contributed by atoms with Gasteiger partial charge in [0.15, 0.2) is 12.6 Å². The zero-order valence-corrected chi connectivity index (χ0v) is 38.7. The summed E-state index contributed by atoms with van der Waals surface area (Å²) in [6.07, 6.45) is -0.440. The van der Waals surface area contributed by atoms with Gasteiger partial charge < -0.3 is 52.3 Å². The van der Waals surface area contributed by atoms with Gasteiger partial charge in [0.2, 0.25) is 0 Å². The van der Waals surface area contributed by atoms with Crippen molar-refractivity contribution >= 4 is 12.2 Å². The molecule has 15 nitrogen and oxygen atoms in total. The van der Waals surface area contributed by atoms with E-state index in [1.165, 1.54) is 0 Å². The molecule has 0 fully saturated rings. The Kier molecular flexibility index (Phi) is 22.5. The number of nitrogens with zero attached hydrogens (tertiary/aromatic N) is 3. The molecule has 0 N–H and O–H groups in total.